The summed E-state index contributed by atoms with van der Waals surface area (Å²) in [6, 6.07) is 11.6. The van der Waals surface area contributed by atoms with Gasteiger partial charge < -0.3 is 14.4 Å². The molecule has 0 bridgehead atoms. The first-order valence-electron chi connectivity index (χ1n) is 11.2. The summed E-state index contributed by atoms with van der Waals surface area (Å²) in [7, 11) is 2.24. The Morgan fingerprint density at radius 1 is 1.14 bits per heavy atom. The van der Waals surface area contributed by atoms with Crippen LogP contribution in [-0.4, -0.2) is 57.5 Å². The predicted octanol–water partition coefficient (Wildman–Crippen LogP) is 3.70. The molecule has 0 saturated carbocycles. The average Bonchev–Trinajstić information content (AvgIpc) is 3.09. The van der Waals surface area contributed by atoms with E-state index in [-0.39, 0.29) is 6.04 Å². The van der Waals surface area contributed by atoms with Crippen molar-refractivity contribution in [2.75, 3.05) is 20.1 Å². The van der Waals surface area contributed by atoms with Gasteiger partial charge in [-0.25, -0.2) is 4.98 Å². The van der Waals surface area contributed by atoms with Crippen LogP contribution in [0.25, 0.3) is 0 Å². The van der Waals surface area contributed by atoms with Crippen LogP contribution >= 0.6 is 0 Å². The van der Waals surface area contributed by atoms with Gasteiger partial charge in [0.05, 0.1) is 6.04 Å². The van der Waals surface area contributed by atoms with Crippen LogP contribution < -0.4 is 0 Å². The van der Waals surface area contributed by atoms with E-state index in [1.54, 1.807) is 0 Å². The van der Waals surface area contributed by atoms with Crippen molar-refractivity contribution < 1.29 is 4.79 Å². The number of aromatic nitrogens is 2. The van der Waals surface area contributed by atoms with E-state index in [1.165, 1.54) is 18.4 Å². The zero-order chi connectivity index (χ0) is 20.2. The van der Waals surface area contributed by atoms with Gasteiger partial charge in [0.2, 0.25) is 5.91 Å². The normalized spacial score (nSPS) is 25.4. The number of benzene rings is 1. The Morgan fingerprint density at radius 2 is 1.97 bits per heavy atom. The Kier molecular flexibility index (Phi) is 6.34. The fraction of sp³-hybridized carbons (Fsp3) is 0.583. The summed E-state index contributed by atoms with van der Waals surface area (Å²) in [6.45, 7) is 4.84. The minimum absolute atomic E-state index is 0.277. The summed E-state index contributed by atoms with van der Waals surface area (Å²) >= 11 is 0. The molecule has 0 N–H and O–H groups in total. The molecule has 0 spiro atoms. The van der Waals surface area contributed by atoms with Gasteiger partial charge in [-0.1, -0.05) is 43.7 Å². The lowest BCUT2D eigenvalue weighted by atomic mass is 9.79. The van der Waals surface area contributed by atoms with Crippen molar-refractivity contribution in [3.63, 3.8) is 0 Å². The fourth-order valence-electron chi connectivity index (χ4n) is 5.38. The van der Waals surface area contributed by atoms with E-state index in [4.69, 9.17) is 0 Å². The van der Waals surface area contributed by atoms with Crippen molar-refractivity contribution in [2.45, 2.75) is 70.0 Å². The number of likely N-dealkylation sites (N-methyl/N-ethyl adjacent to an activating group) is 1. The van der Waals surface area contributed by atoms with E-state index >= 15 is 0 Å². The quantitative estimate of drug-likeness (QED) is 0.776. The number of likely N-dealkylation sites (tertiary alicyclic amines) is 2. The number of aryl methyl sites for hydroxylation is 2. The van der Waals surface area contributed by atoms with Crippen LogP contribution in [0.1, 0.15) is 56.3 Å². The molecule has 2 aromatic rings. The Hall–Kier alpha value is -2.14. The molecule has 0 aliphatic carbocycles. The van der Waals surface area contributed by atoms with Crippen LogP contribution in [0.5, 0.6) is 0 Å². The van der Waals surface area contributed by atoms with Crippen molar-refractivity contribution in [3.8, 4) is 0 Å². The molecule has 3 atom stereocenters. The summed E-state index contributed by atoms with van der Waals surface area (Å²) in [5.74, 6) is 1.79. The molecule has 5 heteroatoms. The zero-order valence-corrected chi connectivity index (χ0v) is 17.8. The molecule has 156 valence electrons. The molecule has 2 aliphatic heterocycles. The maximum Gasteiger partial charge on any atom is 0.224 e. The van der Waals surface area contributed by atoms with Crippen LogP contribution in [0.2, 0.25) is 0 Å². The molecule has 1 aromatic carbocycles. The number of piperidine rings is 1. The standard InChI is InChI=1S/C24H34N4O/c1-3-22-25-14-18-27(22)17-13-23(29)28-15-8-7-11-21-24(28)20(12-16-26(21)2)19-9-5-4-6-10-19/h4-6,9-10,14,18,20-21,24H,3,7-8,11-13,15-17H2,1-2H3/t20-,21-,24-/m1/s1. The molecule has 0 unspecified atom stereocenters. The number of hydrogen-bond acceptors (Lipinski definition) is 3. The largest absolute Gasteiger partial charge is 0.337 e. The fourth-order valence-corrected chi connectivity index (χ4v) is 5.38. The van der Waals surface area contributed by atoms with Crippen molar-refractivity contribution in [2.24, 2.45) is 0 Å². The summed E-state index contributed by atoms with van der Waals surface area (Å²) in [6.07, 6.45) is 9.92. The second-order valence-electron chi connectivity index (χ2n) is 8.57. The van der Waals surface area contributed by atoms with Crippen LogP contribution in [0.15, 0.2) is 42.7 Å². The van der Waals surface area contributed by atoms with Crippen LogP contribution in [-0.2, 0) is 17.8 Å². The third-order valence-corrected chi connectivity index (χ3v) is 6.91. The molecular weight excluding hydrogens is 360 g/mol. The SMILES string of the molecule is CCc1nccn1CCC(=O)N1CCCC[C@@H]2[C@H]1[C@@H](c1ccccc1)CCN2C. The van der Waals surface area contributed by atoms with E-state index in [2.05, 4.69) is 63.7 Å². The lowest BCUT2D eigenvalue weighted by Gasteiger charge is -2.48. The van der Waals surface area contributed by atoms with Crippen LogP contribution in [0.3, 0.4) is 0 Å². The van der Waals surface area contributed by atoms with Gasteiger partial charge in [-0.2, -0.15) is 0 Å². The Morgan fingerprint density at radius 3 is 2.76 bits per heavy atom. The maximum atomic E-state index is 13.5. The van der Waals surface area contributed by atoms with Crippen molar-refractivity contribution in [3.05, 3.63) is 54.1 Å². The number of hydrogen-bond donors (Lipinski definition) is 0. The molecule has 0 radical (unpaired) electrons. The van der Waals surface area contributed by atoms with Crippen LogP contribution in [0.4, 0.5) is 0 Å². The maximum absolute atomic E-state index is 13.5. The highest BCUT2D eigenvalue weighted by Gasteiger charge is 2.43. The molecule has 29 heavy (non-hydrogen) atoms. The van der Waals surface area contributed by atoms with Gasteiger partial charge in [0, 0.05) is 50.3 Å². The highest BCUT2D eigenvalue weighted by Crippen LogP contribution is 2.38. The molecule has 4 rings (SSSR count). The average molecular weight is 395 g/mol. The van der Waals surface area contributed by atoms with Gasteiger partial charge in [-0.05, 0) is 38.4 Å². The van der Waals surface area contributed by atoms with E-state index in [0.717, 1.165) is 44.7 Å². The van der Waals surface area contributed by atoms with Gasteiger partial charge >= 0.3 is 0 Å². The monoisotopic (exact) mass is 394 g/mol. The molecular formula is C24H34N4O. The lowest BCUT2D eigenvalue weighted by Crippen LogP contribution is -2.58. The summed E-state index contributed by atoms with van der Waals surface area (Å²) < 4.78 is 2.13. The molecule has 1 aromatic heterocycles. The van der Waals surface area contributed by atoms with Gasteiger partial charge in [0.1, 0.15) is 5.82 Å². The Balaban J connectivity index is 1.57. The Labute approximate surface area is 174 Å². The number of nitrogens with zero attached hydrogens (tertiary/aromatic N) is 4. The van der Waals surface area contributed by atoms with Crippen molar-refractivity contribution in [1.29, 1.82) is 0 Å². The van der Waals surface area contributed by atoms with E-state index in [1.807, 2.05) is 12.4 Å². The highest BCUT2D eigenvalue weighted by molar-refractivity contribution is 5.76. The zero-order valence-electron chi connectivity index (χ0n) is 17.8. The van der Waals surface area contributed by atoms with Gasteiger partial charge in [-0.15, -0.1) is 0 Å². The first-order chi connectivity index (χ1) is 14.2. The lowest BCUT2D eigenvalue weighted by molar-refractivity contribution is -0.136. The van der Waals surface area contributed by atoms with E-state index in [9.17, 15) is 4.79 Å². The Bertz CT molecular complexity index is 802. The first-order valence-corrected chi connectivity index (χ1v) is 11.2. The number of carbonyl (C=O) groups is 1. The van der Waals surface area contributed by atoms with Crippen molar-refractivity contribution in [1.82, 2.24) is 19.4 Å². The second-order valence-corrected chi connectivity index (χ2v) is 8.57. The number of carbonyl (C=O) groups excluding carboxylic acids is 1. The molecule has 2 aliphatic rings. The number of rotatable bonds is 5. The minimum Gasteiger partial charge on any atom is -0.337 e. The smallest absolute Gasteiger partial charge is 0.224 e. The van der Waals surface area contributed by atoms with Crippen molar-refractivity contribution >= 4 is 5.91 Å². The third kappa shape index (κ3) is 4.25. The van der Waals surface area contributed by atoms with Gasteiger partial charge in [0.15, 0.2) is 0 Å². The molecule has 5 nitrogen and oxygen atoms in total. The summed E-state index contributed by atoms with van der Waals surface area (Å²) in [5, 5.41) is 0. The highest BCUT2D eigenvalue weighted by atomic mass is 16.2. The number of fused-ring (bicyclic) bond motifs is 1. The molecule has 3 heterocycles. The first kappa shape index (κ1) is 20.1. The number of amides is 1. The third-order valence-electron chi connectivity index (χ3n) is 6.91. The van der Waals surface area contributed by atoms with Gasteiger partial charge in [-0.3, -0.25) is 4.79 Å². The topological polar surface area (TPSA) is 41.4 Å². The van der Waals surface area contributed by atoms with Gasteiger partial charge in [0.25, 0.3) is 0 Å². The predicted molar refractivity (Wildman–Crippen MR) is 116 cm³/mol. The molecule has 1 amide bonds. The minimum atomic E-state index is 0.277. The van der Waals surface area contributed by atoms with E-state index in [0.29, 0.717) is 24.3 Å². The molecule has 2 fully saturated rings. The van der Waals surface area contributed by atoms with E-state index < -0.39 is 0 Å². The van der Waals surface area contributed by atoms with Crippen LogP contribution in [0, 0.1) is 0 Å². The molecule has 2 saturated heterocycles. The second kappa shape index (κ2) is 9.12. The number of imidazole rings is 1. The summed E-state index contributed by atoms with van der Waals surface area (Å²) in [5.41, 5.74) is 1.39. The summed E-state index contributed by atoms with van der Waals surface area (Å²) in [4.78, 5) is 22.6.